The molecule has 0 aromatic heterocycles. The average Bonchev–Trinajstić information content (AvgIpc) is 1.09. The number of allylic oxidation sites excluding steroid dienone is 3. The summed E-state index contributed by atoms with van der Waals surface area (Å²) in [6.45, 7) is 23.1. The molecule has 0 radical (unpaired) electrons. The summed E-state index contributed by atoms with van der Waals surface area (Å²) in [5, 5.41) is 82.3. The van der Waals surface area contributed by atoms with Crippen molar-refractivity contribution in [3.05, 3.63) is 61.3 Å². The van der Waals surface area contributed by atoms with E-state index in [0.29, 0.717) is 43.3 Å². The van der Waals surface area contributed by atoms with Gasteiger partial charge in [-0.2, -0.15) is 0 Å². The quantitative estimate of drug-likeness (QED) is 0.0663. The summed E-state index contributed by atoms with van der Waals surface area (Å²) in [7, 11) is 1.57. The minimum absolute atomic E-state index is 0.0156. The lowest BCUT2D eigenvalue weighted by molar-refractivity contribution is -0.351. The van der Waals surface area contributed by atoms with Crippen molar-refractivity contribution in [2.75, 3.05) is 7.11 Å². The fourth-order valence-electron chi connectivity index (χ4n) is 14.1. The van der Waals surface area contributed by atoms with Crippen molar-refractivity contribution in [1.29, 1.82) is 0 Å². The van der Waals surface area contributed by atoms with Gasteiger partial charge in [0.2, 0.25) is 0 Å². The van der Waals surface area contributed by atoms with Gasteiger partial charge in [0.25, 0.3) is 0 Å². The van der Waals surface area contributed by atoms with Crippen LogP contribution in [0.3, 0.4) is 0 Å². The van der Waals surface area contributed by atoms with Crippen LogP contribution in [0.1, 0.15) is 158 Å². The first-order valence-corrected chi connectivity index (χ1v) is 30.2. The van der Waals surface area contributed by atoms with Crippen molar-refractivity contribution < 1.29 is 102 Å². The predicted octanol–water partition coefficient (Wildman–Crippen LogP) is 5.34. The predicted molar refractivity (Wildman–Crippen MR) is 303 cm³/mol. The number of methoxy groups -OCH3 is 1. The molecule has 84 heavy (non-hydrogen) atoms. The SMILES string of the molecule is C=C/C=C/C(O)CC(=C)C[C@H]1O[C@@H]2[C@H](C)[C@@H](OC(=O)C[C@H]3C[C@H](OC(C)=O)C[C@@]4(C[C@@](C)(O)C[C@H](CC(=C)C(C)C(OC(C)=O)C(C)C(=O)C[C@H]5C[C@@H](OC)C[C@@]6(C[C@H](O)C[C@@H](/C=C\CCC[C@@H]7O[C@@](O)(C[C@@H](O)[C@@H]7C)[C@H]2O)O6)O5)O4)O3)[C@@H]1O. The number of hydrogen-bond acceptors (Lipinski definition) is 21. The van der Waals surface area contributed by atoms with E-state index in [9.17, 15) is 54.9 Å². The normalized spacial score (nSPS) is 44.9. The van der Waals surface area contributed by atoms with E-state index in [1.165, 1.54) is 26.0 Å². The second-order valence-electron chi connectivity index (χ2n) is 25.8. The summed E-state index contributed by atoms with van der Waals surface area (Å²) < 4.78 is 63.4. The van der Waals surface area contributed by atoms with Gasteiger partial charge in [-0.15, -0.1) is 0 Å². The molecular weight excluding hydrogens is 1090 g/mol. The highest BCUT2D eigenvalue weighted by Crippen LogP contribution is 2.48. The fraction of sp³-hybridized carbons (Fsp3) is 0.778. The summed E-state index contributed by atoms with van der Waals surface area (Å²) in [4.78, 5) is 54.3. The number of rotatable bonds is 9. The second kappa shape index (κ2) is 28.6. The van der Waals surface area contributed by atoms with Crippen molar-refractivity contribution in [3.63, 3.8) is 0 Å². The van der Waals surface area contributed by atoms with Crippen LogP contribution in [0.4, 0.5) is 0 Å². The molecule has 7 rings (SSSR count). The van der Waals surface area contributed by atoms with Gasteiger partial charge >= 0.3 is 17.9 Å². The molecule has 6 saturated heterocycles. The monoisotopic (exact) mass is 1190 g/mol. The van der Waals surface area contributed by atoms with Crippen LogP contribution < -0.4 is 0 Å². The van der Waals surface area contributed by atoms with Crippen LogP contribution in [0.25, 0.3) is 0 Å². The Bertz CT molecular complexity index is 2370. The first-order valence-electron chi connectivity index (χ1n) is 30.2. The standard InChI is InChI=1S/C63H96O21/c1-12-13-17-42(66)20-34(2)21-53-55(71)57-39(7)58(78-53)59(72)63(74)32-51(69)37(5)52(84-63)19-16-14-15-18-44-23-43(67)28-61(80-44)30-47(75-11)24-45(81-61)26-50(68)38(6)56(77-41(9)65)36(4)35(3)22-49-29-60(10,73)33-62(83-49)31-48(76-40(8)64)25-46(82-62)27-54(70)79-57/h12-13,15,17-18,36-39,42-49,51-53,55-59,66-67,69,71-74H,1-3,14,16,19-33H2,4-11H3/b17-13+,18-15-/t36?,37-,38?,39+,42?,43+,44+,45+,46+,47+,48-,49-,51+,52-,53+,55+,56?,57+,58+,59-,60-,61+,62+,63-/m0/s1. The van der Waals surface area contributed by atoms with E-state index in [-0.39, 0.29) is 76.1 Å². The first kappa shape index (κ1) is 67.7. The van der Waals surface area contributed by atoms with E-state index in [1.54, 1.807) is 47.8 Å². The zero-order chi connectivity index (χ0) is 61.6. The highest BCUT2D eigenvalue weighted by molar-refractivity contribution is 5.82. The van der Waals surface area contributed by atoms with Crippen molar-refractivity contribution in [2.24, 2.45) is 23.7 Å². The second-order valence-corrected chi connectivity index (χ2v) is 25.8. The van der Waals surface area contributed by atoms with Gasteiger partial charge in [0, 0.05) is 103 Å². The van der Waals surface area contributed by atoms with E-state index in [0.717, 1.165) is 0 Å². The first-order chi connectivity index (χ1) is 39.4. The van der Waals surface area contributed by atoms with Crippen molar-refractivity contribution in [2.45, 2.75) is 278 Å². The molecule has 474 valence electrons. The number of ether oxygens (including phenoxy) is 10. The highest BCUT2D eigenvalue weighted by Gasteiger charge is 2.58. The Morgan fingerprint density at radius 1 is 0.810 bits per heavy atom. The summed E-state index contributed by atoms with van der Waals surface area (Å²) in [6, 6.07) is 0. The summed E-state index contributed by atoms with van der Waals surface area (Å²) in [6.07, 6.45) is -6.46. The third kappa shape index (κ3) is 17.3. The number of aliphatic hydroxyl groups is 7. The zero-order valence-corrected chi connectivity index (χ0v) is 50.4. The molecule has 0 amide bonds. The molecule has 21 nitrogen and oxygen atoms in total. The van der Waals surface area contributed by atoms with E-state index in [1.807, 2.05) is 12.2 Å². The number of carbonyl (C=O) groups excluding carboxylic acids is 4. The molecule has 21 heteroatoms. The van der Waals surface area contributed by atoms with Crippen LogP contribution >= 0.6 is 0 Å². The maximum absolute atomic E-state index is 14.4. The molecule has 0 aliphatic carbocycles. The molecule has 10 bridgehead atoms. The Morgan fingerprint density at radius 2 is 1.48 bits per heavy atom. The molecule has 0 saturated carbocycles. The van der Waals surface area contributed by atoms with Gasteiger partial charge in [-0.3, -0.25) is 19.2 Å². The summed E-state index contributed by atoms with van der Waals surface area (Å²) in [5.74, 6) is -10.6. The lowest BCUT2D eigenvalue weighted by Crippen LogP contribution is -2.65. The minimum Gasteiger partial charge on any atom is -0.462 e. The lowest BCUT2D eigenvalue weighted by atomic mass is 9.78. The van der Waals surface area contributed by atoms with Gasteiger partial charge in [0.05, 0.1) is 85.1 Å². The molecule has 0 aromatic carbocycles. The number of fused-ring (bicyclic) bond motifs is 8. The lowest BCUT2D eigenvalue weighted by Gasteiger charge is -2.52. The molecule has 7 aliphatic rings. The third-order valence-electron chi connectivity index (χ3n) is 18.3. The summed E-state index contributed by atoms with van der Waals surface area (Å²) in [5.41, 5.74) is -0.456. The Hall–Kier alpha value is -3.78. The molecule has 7 heterocycles. The van der Waals surface area contributed by atoms with Crippen molar-refractivity contribution in [3.8, 4) is 0 Å². The smallest absolute Gasteiger partial charge is 0.308 e. The van der Waals surface area contributed by atoms with Crippen LogP contribution in [0, 0.1) is 23.7 Å². The molecule has 24 atom stereocenters. The van der Waals surface area contributed by atoms with Crippen molar-refractivity contribution >= 4 is 23.7 Å². The van der Waals surface area contributed by atoms with Gasteiger partial charge in [0.15, 0.2) is 17.4 Å². The van der Waals surface area contributed by atoms with Gasteiger partial charge in [-0.05, 0) is 45.4 Å². The molecule has 2 spiro atoms. The van der Waals surface area contributed by atoms with Gasteiger partial charge in [0.1, 0.15) is 36.3 Å². The number of ketones is 1. The van der Waals surface area contributed by atoms with E-state index >= 15 is 0 Å². The van der Waals surface area contributed by atoms with E-state index < -0.39 is 169 Å². The molecule has 7 aliphatic heterocycles. The third-order valence-corrected chi connectivity index (χ3v) is 18.3. The zero-order valence-electron chi connectivity index (χ0n) is 50.4. The minimum atomic E-state index is -2.39. The van der Waals surface area contributed by atoms with Crippen LogP contribution in [0.2, 0.25) is 0 Å². The van der Waals surface area contributed by atoms with Crippen LogP contribution in [-0.2, 0) is 66.5 Å². The number of carbonyl (C=O) groups is 4. The van der Waals surface area contributed by atoms with Gasteiger partial charge in [-0.25, -0.2) is 0 Å². The Balaban J connectivity index is 1.22. The van der Waals surface area contributed by atoms with Crippen LogP contribution in [-0.4, -0.2) is 187 Å². The maximum atomic E-state index is 14.4. The van der Waals surface area contributed by atoms with Crippen LogP contribution in [0.15, 0.2) is 61.3 Å². The topological polar surface area (TPSA) is 302 Å². The number of aliphatic hydroxyl groups excluding tert-OH is 5. The van der Waals surface area contributed by atoms with E-state index in [2.05, 4.69) is 19.7 Å². The maximum Gasteiger partial charge on any atom is 0.308 e. The average molecular weight is 1190 g/mol. The largest absolute Gasteiger partial charge is 0.462 e. The van der Waals surface area contributed by atoms with Crippen LogP contribution in [0.5, 0.6) is 0 Å². The fourth-order valence-corrected chi connectivity index (χ4v) is 14.1. The van der Waals surface area contributed by atoms with Gasteiger partial charge in [-0.1, -0.05) is 89.0 Å². The Labute approximate surface area is 494 Å². The Kier molecular flexibility index (Phi) is 23.0. The molecule has 0 aromatic rings. The molecule has 6 fully saturated rings. The molecular formula is C63H96O21. The molecule has 4 unspecified atom stereocenters. The number of Topliss-reactive ketones (excluding diaryl/α,β-unsaturated/α-hetero) is 1. The van der Waals surface area contributed by atoms with Crippen molar-refractivity contribution in [1.82, 2.24) is 0 Å². The highest BCUT2D eigenvalue weighted by atomic mass is 16.7. The van der Waals surface area contributed by atoms with Gasteiger partial charge < -0.3 is 83.1 Å². The number of esters is 3. The number of hydrogen-bond donors (Lipinski definition) is 7. The Morgan fingerprint density at radius 3 is 2.17 bits per heavy atom. The van der Waals surface area contributed by atoms with E-state index in [4.69, 9.17) is 47.4 Å². The summed E-state index contributed by atoms with van der Waals surface area (Å²) >= 11 is 0. The molecule has 7 N–H and O–H groups in total.